The number of furan rings is 1. The van der Waals surface area contributed by atoms with Crippen molar-refractivity contribution >= 4 is 57.8 Å². The summed E-state index contributed by atoms with van der Waals surface area (Å²) in [5.74, 6) is -1.16. The SMILES string of the molecule is CO/N=C(/C(=O)N[C@@H]1C(=O)N2C(C(=O)[O-])=C(/C=C/c3ccc(C[n+]4ccccc4)o3)SC[C@H]12)c1csc(N)n1. The van der Waals surface area contributed by atoms with E-state index in [1.165, 1.54) is 24.3 Å². The van der Waals surface area contributed by atoms with E-state index in [0.717, 1.165) is 22.0 Å². The highest BCUT2D eigenvalue weighted by molar-refractivity contribution is 8.03. The minimum absolute atomic E-state index is 0.150. The topological polar surface area (TPSA) is 167 Å². The fourth-order valence-electron chi connectivity index (χ4n) is 4.19. The third-order valence-electron chi connectivity index (χ3n) is 5.94. The smallest absolute Gasteiger partial charge is 0.276 e. The first-order valence-corrected chi connectivity index (χ1v) is 13.5. The zero-order valence-corrected chi connectivity index (χ0v) is 22.1. The quantitative estimate of drug-likeness (QED) is 0.158. The number of carbonyl (C=O) groups excluding carboxylic acids is 3. The molecule has 200 valence electrons. The number of hydrogen-bond donors (Lipinski definition) is 2. The Bertz CT molecular complexity index is 1510. The summed E-state index contributed by atoms with van der Waals surface area (Å²) in [6.45, 7) is 0.542. The van der Waals surface area contributed by atoms with Gasteiger partial charge in [0.2, 0.25) is 6.54 Å². The van der Waals surface area contributed by atoms with Crippen LogP contribution in [0, 0.1) is 0 Å². The number of pyridine rings is 1. The molecule has 12 nitrogen and oxygen atoms in total. The predicted molar refractivity (Wildman–Crippen MR) is 141 cm³/mol. The molecule has 39 heavy (non-hydrogen) atoms. The number of fused-ring (bicyclic) bond motifs is 1. The Morgan fingerprint density at radius 2 is 2.13 bits per heavy atom. The summed E-state index contributed by atoms with van der Waals surface area (Å²) in [5.41, 5.74) is 5.44. The molecular weight excluding hydrogens is 544 g/mol. The number of aromatic nitrogens is 2. The molecule has 0 aliphatic carbocycles. The fourth-order valence-corrected chi connectivity index (χ4v) is 5.91. The Morgan fingerprint density at radius 3 is 2.82 bits per heavy atom. The van der Waals surface area contributed by atoms with E-state index in [-0.39, 0.29) is 22.2 Å². The van der Waals surface area contributed by atoms with Crippen LogP contribution >= 0.6 is 23.1 Å². The van der Waals surface area contributed by atoms with Crippen molar-refractivity contribution in [2.45, 2.75) is 18.6 Å². The Balaban J connectivity index is 1.30. The fraction of sp³-hybridized carbons (Fsp3) is 0.200. The second-order valence-electron chi connectivity index (χ2n) is 8.42. The highest BCUT2D eigenvalue weighted by atomic mass is 32.2. The highest BCUT2D eigenvalue weighted by Crippen LogP contribution is 2.39. The number of nitrogen functional groups attached to an aromatic ring is 1. The van der Waals surface area contributed by atoms with Crippen molar-refractivity contribution in [3.05, 3.63) is 82.0 Å². The third-order valence-corrected chi connectivity index (χ3v) is 7.77. The van der Waals surface area contributed by atoms with Gasteiger partial charge in [0.15, 0.2) is 29.0 Å². The number of thioether (sulfide) groups is 1. The van der Waals surface area contributed by atoms with Crippen LogP contribution in [0.5, 0.6) is 0 Å². The number of anilines is 1. The molecule has 1 fully saturated rings. The molecule has 3 aromatic heterocycles. The second kappa shape index (κ2) is 11.1. The van der Waals surface area contributed by atoms with Crippen molar-refractivity contribution in [1.82, 2.24) is 15.2 Å². The van der Waals surface area contributed by atoms with E-state index in [1.54, 1.807) is 18.2 Å². The average Bonchev–Trinajstić information content (AvgIpc) is 3.57. The van der Waals surface area contributed by atoms with Gasteiger partial charge in [-0.05, 0) is 24.3 Å². The maximum Gasteiger partial charge on any atom is 0.276 e. The van der Waals surface area contributed by atoms with E-state index >= 15 is 0 Å². The first-order valence-electron chi connectivity index (χ1n) is 11.6. The van der Waals surface area contributed by atoms with Gasteiger partial charge < -0.3 is 35.1 Å². The molecule has 5 heterocycles. The molecule has 2 aliphatic heterocycles. The molecule has 2 aliphatic rings. The minimum atomic E-state index is -1.50. The number of carboxylic acid groups (broad SMARTS) is 1. The van der Waals surface area contributed by atoms with Gasteiger partial charge in [0.05, 0.1) is 17.7 Å². The molecule has 0 aromatic carbocycles. The summed E-state index contributed by atoms with van der Waals surface area (Å²) in [5, 5.41) is 20.1. The Kier molecular flexibility index (Phi) is 7.47. The lowest BCUT2D eigenvalue weighted by atomic mass is 9.94. The van der Waals surface area contributed by atoms with Crippen LogP contribution in [0.15, 0.2) is 74.4 Å². The summed E-state index contributed by atoms with van der Waals surface area (Å²) in [4.78, 5) is 48.2. The predicted octanol–water partition coefficient (Wildman–Crippen LogP) is 0.122. The standard InChI is InChI=1S/C25H22N6O6S2/c1-36-29-19(16-12-39-25(26)27-16)22(32)28-20-17-13-38-18(21(24(34)35)31(17)23(20)33)8-7-14-5-6-15(37-14)11-30-9-3-2-4-10-30/h2-10,12,17,20H,11,13H2,1H3,(H3-,26,27,28,32,34,35)/b8-7+,29-19+/t17-,20+/m1/s1. The van der Waals surface area contributed by atoms with E-state index in [2.05, 4.69) is 15.5 Å². The second-order valence-corrected chi connectivity index (χ2v) is 10.4. The normalized spacial score (nSPS) is 19.2. The van der Waals surface area contributed by atoms with E-state index in [1.807, 2.05) is 41.2 Å². The number of β-lactam (4-membered cyclic amide) rings is 1. The molecule has 0 radical (unpaired) electrons. The summed E-state index contributed by atoms with van der Waals surface area (Å²) < 4.78 is 7.79. The summed E-state index contributed by atoms with van der Waals surface area (Å²) in [7, 11) is 1.27. The number of nitrogens with two attached hydrogens (primary N) is 1. The number of carbonyl (C=O) groups is 3. The number of amides is 2. The van der Waals surface area contributed by atoms with Gasteiger partial charge in [-0.1, -0.05) is 11.2 Å². The van der Waals surface area contributed by atoms with Crippen molar-refractivity contribution in [2.24, 2.45) is 5.16 Å². The molecule has 2 amide bonds. The molecule has 0 unspecified atom stereocenters. The van der Waals surface area contributed by atoms with Gasteiger partial charge in [0.1, 0.15) is 24.6 Å². The summed E-state index contributed by atoms with van der Waals surface area (Å²) >= 11 is 2.36. The molecule has 0 saturated carbocycles. The van der Waals surface area contributed by atoms with Crippen LogP contribution in [-0.4, -0.2) is 58.3 Å². The zero-order valence-electron chi connectivity index (χ0n) is 20.5. The molecule has 3 N–H and O–H groups in total. The highest BCUT2D eigenvalue weighted by Gasteiger charge is 2.52. The number of thiazole rings is 1. The van der Waals surface area contributed by atoms with Gasteiger partial charge in [-0.2, -0.15) is 4.57 Å². The molecular formula is C25H22N6O6S2. The average molecular weight is 567 g/mol. The molecule has 0 spiro atoms. The van der Waals surface area contributed by atoms with Crippen LogP contribution in [0.2, 0.25) is 0 Å². The van der Waals surface area contributed by atoms with E-state index < -0.39 is 29.9 Å². The molecule has 14 heteroatoms. The molecule has 3 aromatic rings. The lowest BCUT2D eigenvalue weighted by molar-refractivity contribution is -0.690. The van der Waals surface area contributed by atoms with E-state index in [9.17, 15) is 19.5 Å². The number of hydrogen-bond acceptors (Lipinski definition) is 11. The third kappa shape index (κ3) is 5.42. The zero-order chi connectivity index (χ0) is 27.5. The van der Waals surface area contributed by atoms with Crippen molar-refractivity contribution in [1.29, 1.82) is 0 Å². The van der Waals surface area contributed by atoms with E-state index in [4.69, 9.17) is 15.0 Å². The number of nitrogens with zero attached hydrogens (tertiary/aromatic N) is 4. The van der Waals surface area contributed by atoms with Crippen molar-refractivity contribution in [3.8, 4) is 0 Å². The maximum absolute atomic E-state index is 13.0. The van der Waals surface area contributed by atoms with Gasteiger partial charge in [0, 0.05) is 28.2 Å². The number of nitrogens with one attached hydrogen (secondary N) is 1. The number of carboxylic acids is 1. The van der Waals surface area contributed by atoms with Crippen LogP contribution in [0.1, 0.15) is 17.2 Å². The number of aliphatic carboxylic acids is 1. The Labute approximate surface area is 230 Å². The molecule has 1 saturated heterocycles. The van der Waals surface area contributed by atoms with Crippen molar-refractivity contribution in [2.75, 3.05) is 18.6 Å². The first kappa shape index (κ1) is 26.2. The summed E-state index contributed by atoms with van der Waals surface area (Å²) in [6.07, 6.45) is 7.06. The lowest BCUT2D eigenvalue weighted by Crippen LogP contribution is -2.73. The van der Waals surface area contributed by atoms with Crippen LogP contribution in [-0.2, 0) is 25.8 Å². The molecule has 0 bridgehead atoms. The lowest BCUT2D eigenvalue weighted by Gasteiger charge is -2.50. The largest absolute Gasteiger partial charge is 0.543 e. The number of oxime groups is 1. The van der Waals surface area contributed by atoms with Gasteiger partial charge in [-0.3, -0.25) is 9.59 Å². The minimum Gasteiger partial charge on any atom is -0.543 e. The van der Waals surface area contributed by atoms with Crippen molar-refractivity contribution < 1.29 is 33.3 Å². The van der Waals surface area contributed by atoms with Crippen LogP contribution < -0.4 is 20.7 Å². The van der Waals surface area contributed by atoms with Gasteiger partial charge in [-0.25, -0.2) is 4.98 Å². The summed E-state index contributed by atoms with van der Waals surface area (Å²) in [6, 6.07) is 7.84. The van der Waals surface area contributed by atoms with Gasteiger partial charge >= 0.3 is 0 Å². The first-order chi connectivity index (χ1) is 18.9. The van der Waals surface area contributed by atoms with Crippen LogP contribution in [0.3, 0.4) is 0 Å². The molecule has 5 rings (SSSR count). The maximum atomic E-state index is 13.0. The van der Waals surface area contributed by atoms with Crippen LogP contribution in [0.25, 0.3) is 6.08 Å². The van der Waals surface area contributed by atoms with E-state index in [0.29, 0.717) is 23.0 Å². The Morgan fingerprint density at radius 1 is 1.33 bits per heavy atom. The van der Waals surface area contributed by atoms with Gasteiger partial charge in [0.25, 0.3) is 11.8 Å². The number of rotatable bonds is 9. The molecule has 2 atom stereocenters. The Hall–Kier alpha value is -4.43. The van der Waals surface area contributed by atoms with Crippen LogP contribution in [0.4, 0.5) is 5.13 Å². The van der Waals surface area contributed by atoms with Gasteiger partial charge in [-0.15, -0.1) is 23.1 Å². The van der Waals surface area contributed by atoms with Crippen molar-refractivity contribution in [3.63, 3.8) is 0 Å². The number of allylic oxidation sites excluding steroid dienone is 1. The monoisotopic (exact) mass is 566 g/mol.